The summed E-state index contributed by atoms with van der Waals surface area (Å²) in [6.07, 6.45) is 3.98. The largest absolute Gasteiger partial charge is 0.383 e. The molecule has 0 aromatic carbocycles. The van der Waals surface area contributed by atoms with Crippen molar-refractivity contribution in [3.05, 3.63) is 10.8 Å². The van der Waals surface area contributed by atoms with Crippen LogP contribution in [0.4, 0.5) is 11.6 Å². The molecule has 3 N–H and O–H groups in total. The summed E-state index contributed by atoms with van der Waals surface area (Å²) in [5.74, 6) is 1.75. The first-order chi connectivity index (χ1) is 8.22. The summed E-state index contributed by atoms with van der Waals surface area (Å²) in [6.45, 7) is 3.87. The van der Waals surface area contributed by atoms with E-state index in [2.05, 4.69) is 38.1 Å². The molecule has 1 aliphatic rings. The summed E-state index contributed by atoms with van der Waals surface area (Å²) in [6, 6.07) is 0. The van der Waals surface area contributed by atoms with E-state index in [9.17, 15) is 0 Å². The lowest BCUT2D eigenvalue weighted by Gasteiger charge is -2.18. The van der Waals surface area contributed by atoms with Gasteiger partial charge in [0, 0.05) is 19.1 Å². The lowest BCUT2D eigenvalue weighted by molar-refractivity contribution is 0.0900. The maximum absolute atomic E-state index is 5.70. The van der Waals surface area contributed by atoms with E-state index in [1.54, 1.807) is 0 Å². The van der Waals surface area contributed by atoms with E-state index in [1.807, 2.05) is 0 Å². The third kappa shape index (κ3) is 2.87. The van der Waals surface area contributed by atoms with E-state index in [-0.39, 0.29) is 0 Å². The Hall–Kier alpha value is -0.880. The number of anilines is 2. The number of rotatable bonds is 4. The molecule has 5 nitrogen and oxygen atoms in total. The molecule has 2 heterocycles. The number of nitrogen functional groups attached to an aromatic ring is 1. The lowest BCUT2D eigenvalue weighted by atomic mass is 10.00. The summed E-state index contributed by atoms with van der Waals surface area (Å²) in [5.41, 5.74) is 5.70. The first kappa shape index (κ1) is 12.6. The zero-order valence-electron chi connectivity index (χ0n) is 9.82. The Morgan fingerprint density at radius 1 is 1.59 bits per heavy atom. The highest BCUT2D eigenvalue weighted by Crippen LogP contribution is 2.27. The third-order valence-corrected chi connectivity index (χ3v) is 3.88. The number of hydrogen-bond acceptors (Lipinski definition) is 5. The van der Waals surface area contributed by atoms with Crippen LogP contribution in [0.5, 0.6) is 0 Å². The summed E-state index contributed by atoms with van der Waals surface area (Å²) in [7, 11) is 0. The Labute approximate surface area is 109 Å². The third-order valence-electron chi connectivity index (χ3n) is 3.10. The molecule has 2 atom stereocenters. The van der Waals surface area contributed by atoms with Gasteiger partial charge in [0.05, 0.1) is 6.10 Å². The van der Waals surface area contributed by atoms with Crippen molar-refractivity contribution in [2.24, 2.45) is 5.92 Å². The van der Waals surface area contributed by atoms with Crippen LogP contribution in [0.15, 0.2) is 10.8 Å². The van der Waals surface area contributed by atoms with Gasteiger partial charge in [0.25, 0.3) is 0 Å². The van der Waals surface area contributed by atoms with Gasteiger partial charge in [-0.05, 0) is 28.8 Å². The fourth-order valence-electron chi connectivity index (χ4n) is 2.11. The molecule has 0 bridgehead atoms. The summed E-state index contributed by atoms with van der Waals surface area (Å²) in [5, 5.41) is 3.30. The summed E-state index contributed by atoms with van der Waals surface area (Å²) >= 11 is 3.38. The molecule has 0 saturated carbocycles. The maximum Gasteiger partial charge on any atom is 0.145 e. The molecular weight excluding hydrogens is 284 g/mol. The number of nitrogens with zero attached hydrogens (tertiary/aromatic N) is 2. The van der Waals surface area contributed by atoms with E-state index in [4.69, 9.17) is 10.5 Å². The van der Waals surface area contributed by atoms with Crippen molar-refractivity contribution >= 4 is 27.6 Å². The van der Waals surface area contributed by atoms with Gasteiger partial charge in [-0.2, -0.15) is 0 Å². The SMILES string of the molecule is CCC1OCCC1CNc1ncnc(N)c1Br. The van der Waals surface area contributed by atoms with Gasteiger partial charge in [0.2, 0.25) is 0 Å². The smallest absolute Gasteiger partial charge is 0.145 e. The van der Waals surface area contributed by atoms with Gasteiger partial charge >= 0.3 is 0 Å². The van der Waals surface area contributed by atoms with Crippen molar-refractivity contribution in [2.75, 3.05) is 24.2 Å². The van der Waals surface area contributed by atoms with Crippen molar-refractivity contribution < 1.29 is 4.74 Å². The molecule has 2 rings (SSSR count). The highest BCUT2D eigenvalue weighted by molar-refractivity contribution is 9.10. The van der Waals surface area contributed by atoms with Gasteiger partial charge in [0.1, 0.15) is 22.4 Å². The average Bonchev–Trinajstić information content (AvgIpc) is 2.78. The number of ether oxygens (including phenoxy) is 1. The van der Waals surface area contributed by atoms with E-state index in [1.165, 1.54) is 6.33 Å². The van der Waals surface area contributed by atoms with Gasteiger partial charge in [-0.3, -0.25) is 0 Å². The minimum Gasteiger partial charge on any atom is -0.383 e. The zero-order chi connectivity index (χ0) is 12.3. The predicted molar refractivity (Wildman–Crippen MR) is 70.8 cm³/mol. The van der Waals surface area contributed by atoms with Gasteiger partial charge in [0.15, 0.2) is 0 Å². The molecule has 6 heteroatoms. The van der Waals surface area contributed by atoms with Crippen LogP contribution >= 0.6 is 15.9 Å². The zero-order valence-corrected chi connectivity index (χ0v) is 11.4. The van der Waals surface area contributed by atoms with Crippen molar-refractivity contribution in [1.29, 1.82) is 0 Å². The maximum atomic E-state index is 5.70. The van der Waals surface area contributed by atoms with Crippen LogP contribution < -0.4 is 11.1 Å². The van der Waals surface area contributed by atoms with Crippen LogP contribution in [0.3, 0.4) is 0 Å². The van der Waals surface area contributed by atoms with E-state index in [0.717, 1.165) is 36.3 Å². The Balaban J connectivity index is 1.95. The van der Waals surface area contributed by atoms with Gasteiger partial charge in [-0.25, -0.2) is 9.97 Å². The predicted octanol–water partition coefficient (Wildman–Crippen LogP) is 2.05. The standard InChI is InChI=1S/C11H17BrN4O/c1-2-8-7(3-4-17-8)5-14-11-9(12)10(13)15-6-16-11/h6-8H,2-5H2,1H3,(H3,13,14,15,16). The number of nitrogens with one attached hydrogen (secondary N) is 1. The number of nitrogens with two attached hydrogens (primary N) is 1. The van der Waals surface area contributed by atoms with Crippen LogP contribution in [0, 0.1) is 5.92 Å². The molecule has 1 fully saturated rings. The van der Waals surface area contributed by atoms with E-state index < -0.39 is 0 Å². The fourth-order valence-corrected chi connectivity index (χ4v) is 2.46. The molecule has 17 heavy (non-hydrogen) atoms. The highest BCUT2D eigenvalue weighted by Gasteiger charge is 2.26. The second-order valence-corrected chi connectivity index (χ2v) is 4.96. The second kappa shape index (κ2) is 5.64. The van der Waals surface area contributed by atoms with Crippen molar-refractivity contribution in [3.8, 4) is 0 Å². The summed E-state index contributed by atoms with van der Waals surface area (Å²) < 4.78 is 6.38. The first-order valence-electron chi connectivity index (χ1n) is 5.83. The Morgan fingerprint density at radius 2 is 2.41 bits per heavy atom. The van der Waals surface area contributed by atoms with Gasteiger partial charge < -0.3 is 15.8 Å². The molecule has 0 spiro atoms. The molecule has 1 saturated heterocycles. The highest BCUT2D eigenvalue weighted by atomic mass is 79.9. The lowest BCUT2D eigenvalue weighted by Crippen LogP contribution is -2.23. The minimum absolute atomic E-state index is 0.362. The summed E-state index contributed by atoms with van der Waals surface area (Å²) in [4.78, 5) is 8.07. The molecule has 94 valence electrons. The molecule has 1 aromatic rings. The Morgan fingerprint density at radius 3 is 3.18 bits per heavy atom. The molecule has 0 aliphatic carbocycles. The van der Waals surface area contributed by atoms with Gasteiger partial charge in [-0.1, -0.05) is 6.92 Å². The van der Waals surface area contributed by atoms with Crippen molar-refractivity contribution in [1.82, 2.24) is 9.97 Å². The molecule has 0 radical (unpaired) electrons. The van der Waals surface area contributed by atoms with Crippen LogP contribution in [-0.4, -0.2) is 29.2 Å². The second-order valence-electron chi connectivity index (χ2n) is 4.17. The number of hydrogen-bond donors (Lipinski definition) is 2. The molecular formula is C11H17BrN4O. The first-order valence-corrected chi connectivity index (χ1v) is 6.63. The van der Waals surface area contributed by atoms with Gasteiger partial charge in [-0.15, -0.1) is 0 Å². The Bertz CT molecular complexity index is 388. The number of halogens is 1. The molecule has 2 unspecified atom stereocenters. The minimum atomic E-state index is 0.362. The van der Waals surface area contributed by atoms with Crippen LogP contribution in [-0.2, 0) is 4.74 Å². The fraction of sp³-hybridized carbons (Fsp3) is 0.636. The quantitative estimate of drug-likeness (QED) is 0.890. The van der Waals surface area contributed by atoms with Crippen LogP contribution in [0.2, 0.25) is 0 Å². The topological polar surface area (TPSA) is 73.1 Å². The van der Waals surface area contributed by atoms with Crippen LogP contribution in [0.1, 0.15) is 19.8 Å². The molecule has 1 aromatic heterocycles. The molecule has 1 aliphatic heterocycles. The van der Waals surface area contributed by atoms with E-state index in [0.29, 0.717) is 17.8 Å². The van der Waals surface area contributed by atoms with Crippen molar-refractivity contribution in [2.45, 2.75) is 25.9 Å². The molecule has 0 amide bonds. The number of aromatic nitrogens is 2. The Kier molecular flexibility index (Phi) is 4.17. The van der Waals surface area contributed by atoms with E-state index >= 15 is 0 Å². The van der Waals surface area contributed by atoms with Crippen LogP contribution in [0.25, 0.3) is 0 Å². The monoisotopic (exact) mass is 300 g/mol. The average molecular weight is 301 g/mol. The normalized spacial score (nSPS) is 23.9. The van der Waals surface area contributed by atoms with Crippen molar-refractivity contribution in [3.63, 3.8) is 0 Å².